The molecule has 1 N–H and O–H groups in total. The number of nitrogens with one attached hydrogen (secondary N) is 1. The molecule has 0 saturated carbocycles. The third-order valence-electron chi connectivity index (χ3n) is 5.85. The van der Waals surface area contributed by atoms with Gasteiger partial charge >= 0.3 is 0 Å². The van der Waals surface area contributed by atoms with Gasteiger partial charge in [0.1, 0.15) is 0 Å². The lowest BCUT2D eigenvalue weighted by Gasteiger charge is -2.33. The van der Waals surface area contributed by atoms with Crippen LogP contribution in [0.15, 0.2) is 60.7 Å². The lowest BCUT2D eigenvalue weighted by atomic mass is 9.88. The first kappa shape index (κ1) is 20.6. The number of amides is 1. The molecule has 3 heteroatoms. The van der Waals surface area contributed by atoms with Crippen molar-refractivity contribution < 1.29 is 4.79 Å². The highest BCUT2D eigenvalue weighted by Crippen LogP contribution is 2.28. The van der Waals surface area contributed by atoms with Gasteiger partial charge < -0.3 is 10.2 Å². The fraction of sp³-hybridized carbons (Fsp3) is 0.480. The number of hydrogen-bond donors (Lipinski definition) is 1. The van der Waals surface area contributed by atoms with Gasteiger partial charge in [0.15, 0.2) is 0 Å². The number of benzene rings is 2. The van der Waals surface area contributed by atoms with Crippen molar-refractivity contribution in [2.45, 2.75) is 57.4 Å². The van der Waals surface area contributed by atoms with Crippen LogP contribution in [0.4, 0.5) is 0 Å². The molecule has 1 fully saturated rings. The number of likely N-dealkylation sites (tertiary alicyclic amines) is 1. The average molecular weight is 379 g/mol. The Hall–Kier alpha value is -2.13. The summed E-state index contributed by atoms with van der Waals surface area (Å²) in [6.07, 6.45) is 6.01. The highest BCUT2D eigenvalue weighted by atomic mass is 16.1. The molecule has 0 unspecified atom stereocenters. The lowest BCUT2D eigenvalue weighted by molar-refractivity contribution is -0.122. The normalized spacial score (nSPS) is 15.6. The summed E-state index contributed by atoms with van der Waals surface area (Å²) in [4.78, 5) is 14.5. The molecule has 3 rings (SSSR count). The van der Waals surface area contributed by atoms with E-state index in [4.69, 9.17) is 0 Å². The number of hydrogen-bond acceptors (Lipinski definition) is 2. The smallest absolute Gasteiger partial charge is 0.220 e. The fourth-order valence-electron chi connectivity index (χ4n) is 4.15. The number of unbranched alkanes of at least 4 members (excludes halogenated alkanes) is 1. The second-order valence-corrected chi connectivity index (χ2v) is 7.95. The number of piperidine rings is 1. The first-order chi connectivity index (χ1) is 13.8. The maximum absolute atomic E-state index is 12.0. The van der Waals surface area contributed by atoms with E-state index in [0.717, 1.165) is 51.7 Å². The predicted molar refractivity (Wildman–Crippen MR) is 116 cm³/mol. The first-order valence-corrected chi connectivity index (χ1v) is 10.9. The van der Waals surface area contributed by atoms with Crippen LogP contribution in [0.1, 0.15) is 62.5 Å². The molecule has 150 valence electrons. The second-order valence-electron chi connectivity index (χ2n) is 7.95. The molecule has 0 aromatic heterocycles. The minimum atomic E-state index is 0.230. The van der Waals surface area contributed by atoms with E-state index >= 15 is 0 Å². The van der Waals surface area contributed by atoms with E-state index in [1.54, 1.807) is 0 Å². The van der Waals surface area contributed by atoms with E-state index in [1.807, 2.05) is 0 Å². The molecule has 1 aliphatic heterocycles. The van der Waals surface area contributed by atoms with E-state index in [-0.39, 0.29) is 5.91 Å². The van der Waals surface area contributed by atoms with Gasteiger partial charge in [0.2, 0.25) is 5.91 Å². The highest BCUT2D eigenvalue weighted by Gasteiger charge is 2.22. The largest absolute Gasteiger partial charge is 0.353 e. The van der Waals surface area contributed by atoms with Crippen LogP contribution in [0.25, 0.3) is 0 Å². The Bertz CT molecular complexity index is 654. The van der Waals surface area contributed by atoms with Crippen molar-refractivity contribution in [1.29, 1.82) is 0 Å². The molecule has 2 aromatic carbocycles. The van der Waals surface area contributed by atoms with Crippen molar-refractivity contribution in [2.24, 2.45) is 0 Å². The van der Waals surface area contributed by atoms with Crippen LogP contribution < -0.4 is 5.32 Å². The van der Waals surface area contributed by atoms with Gasteiger partial charge in [0.25, 0.3) is 0 Å². The van der Waals surface area contributed by atoms with Crippen LogP contribution in [0.5, 0.6) is 0 Å². The summed E-state index contributed by atoms with van der Waals surface area (Å²) in [5.41, 5.74) is 2.79. The van der Waals surface area contributed by atoms with E-state index < -0.39 is 0 Å². The zero-order valence-electron chi connectivity index (χ0n) is 17.1. The van der Waals surface area contributed by atoms with E-state index in [9.17, 15) is 4.79 Å². The van der Waals surface area contributed by atoms with Gasteiger partial charge in [-0.25, -0.2) is 0 Å². The number of rotatable bonds is 9. The van der Waals surface area contributed by atoms with Crippen molar-refractivity contribution in [3.05, 3.63) is 71.8 Å². The molecule has 1 aliphatic rings. The topological polar surface area (TPSA) is 32.3 Å². The summed E-state index contributed by atoms with van der Waals surface area (Å²) in [5.74, 6) is 0.669. The minimum absolute atomic E-state index is 0.230. The van der Waals surface area contributed by atoms with Crippen LogP contribution in [0, 0.1) is 0 Å². The zero-order valence-corrected chi connectivity index (χ0v) is 17.1. The summed E-state index contributed by atoms with van der Waals surface area (Å²) >= 11 is 0. The molecule has 0 bridgehead atoms. The van der Waals surface area contributed by atoms with Gasteiger partial charge in [-0.05, 0) is 43.4 Å². The van der Waals surface area contributed by atoms with Gasteiger partial charge in [-0.1, -0.05) is 74.0 Å². The molecular formula is C25H34N2O. The first-order valence-electron chi connectivity index (χ1n) is 10.9. The predicted octanol–water partition coefficient (Wildman–Crippen LogP) is 4.98. The summed E-state index contributed by atoms with van der Waals surface area (Å²) in [7, 11) is 0. The molecule has 1 saturated heterocycles. The molecule has 0 aliphatic carbocycles. The van der Waals surface area contributed by atoms with Gasteiger partial charge in [-0.15, -0.1) is 0 Å². The van der Waals surface area contributed by atoms with Gasteiger partial charge in [-0.3, -0.25) is 4.79 Å². The van der Waals surface area contributed by atoms with Crippen molar-refractivity contribution in [1.82, 2.24) is 10.2 Å². The molecule has 28 heavy (non-hydrogen) atoms. The van der Waals surface area contributed by atoms with Crippen molar-refractivity contribution in [2.75, 3.05) is 19.6 Å². The molecular weight excluding hydrogens is 344 g/mol. The molecule has 0 radical (unpaired) electrons. The minimum Gasteiger partial charge on any atom is -0.353 e. The molecule has 0 atom stereocenters. The highest BCUT2D eigenvalue weighted by molar-refractivity contribution is 5.76. The Morgan fingerprint density at radius 1 is 1.00 bits per heavy atom. The SMILES string of the molecule is CCCCC(=O)NC1CCN(CCC(c2ccccc2)c2ccccc2)CC1. The van der Waals surface area contributed by atoms with Crippen LogP contribution >= 0.6 is 0 Å². The van der Waals surface area contributed by atoms with Gasteiger partial charge in [0.05, 0.1) is 0 Å². The fourth-order valence-corrected chi connectivity index (χ4v) is 4.15. The number of carbonyl (C=O) groups excluding carboxylic acids is 1. The van der Waals surface area contributed by atoms with Crippen molar-refractivity contribution >= 4 is 5.91 Å². The van der Waals surface area contributed by atoms with Gasteiger partial charge in [0, 0.05) is 31.5 Å². The monoisotopic (exact) mass is 378 g/mol. The van der Waals surface area contributed by atoms with Gasteiger partial charge in [-0.2, -0.15) is 0 Å². The number of nitrogens with zero attached hydrogens (tertiary/aromatic N) is 1. The lowest BCUT2D eigenvalue weighted by Crippen LogP contribution is -2.45. The van der Waals surface area contributed by atoms with Crippen LogP contribution in [-0.2, 0) is 4.79 Å². The maximum atomic E-state index is 12.0. The molecule has 0 spiro atoms. The van der Waals surface area contributed by atoms with Crippen LogP contribution in [0.2, 0.25) is 0 Å². The third-order valence-corrected chi connectivity index (χ3v) is 5.85. The van der Waals surface area contributed by atoms with Crippen molar-refractivity contribution in [3.63, 3.8) is 0 Å². The van der Waals surface area contributed by atoms with Crippen LogP contribution in [-0.4, -0.2) is 36.5 Å². The summed E-state index contributed by atoms with van der Waals surface area (Å²) in [6, 6.07) is 22.1. The molecule has 3 nitrogen and oxygen atoms in total. The van der Waals surface area contributed by atoms with E-state index in [2.05, 4.69) is 77.8 Å². The Morgan fingerprint density at radius 3 is 2.11 bits per heavy atom. The summed E-state index contributed by atoms with van der Waals surface area (Å²) < 4.78 is 0. The average Bonchev–Trinajstić information content (AvgIpc) is 2.75. The maximum Gasteiger partial charge on any atom is 0.220 e. The van der Waals surface area contributed by atoms with E-state index in [0.29, 0.717) is 18.4 Å². The Kier molecular flexibility index (Phi) is 8.10. The number of carbonyl (C=O) groups is 1. The molecule has 2 aromatic rings. The Morgan fingerprint density at radius 2 is 1.57 bits per heavy atom. The standard InChI is InChI=1S/C25H34N2O/c1-2-3-14-25(28)26-23-15-18-27(19-16-23)20-17-24(21-10-6-4-7-11-21)22-12-8-5-9-13-22/h4-13,23-24H,2-3,14-20H2,1H3,(H,26,28). The third kappa shape index (κ3) is 6.20. The molecule has 1 amide bonds. The summed E-state index contributed by atoms with van der Waals surface area (Å²) in [6.45, 7) is 5.39. The van der Waals surface area contributed by atoms with E-state index in [1.165, 1.54) is 11.1 Å². The summed E-state index contributed by atoms with van der Waals surface area (Å²) in [5, 5.41) is 3.23. The second kappa shape index (κ2) is 11.0. The van der Waals surface area contributed by atoms with Crippen LogP contribution in [0.3, 0.4) is 0 Å². The molecule has 1 heterocycles. The van der Waals surface area contributed by atoms with Crippen molar-refractivity contribution in [3.8, 4) is 0 Å². The Labute approximate surface area is 170 Å². The zero-order chi connectivity index (χ0) is 19.6. The quantitative estimate of drug-likeness (QED) is 0.667. The Balaban J connectivity index is 1.50.